The summed E-state index contributed by atoms with van der Waals surface area (Å²) in [6, 6.07) is 1.44. The van der Waals surface area contributed by atoms with Crippen molar-refractivity contribution in [3.05, 3.63) is 0 Å². The van der Waals surface area contributed by atoms with Gasteiger partial charge in [0.2, 0.25) is 0 Å². The first-order valence-electron chi connectivity index (χ1n) is 4.92. The topological polar surface area (TPSA) is 24.5 Å². The Hall–Kier alpha value is -0.120. The van der Waals surface area contributed by atoms with Gasteiger partial charge in [0.05, 0.1) is 19.3 Å². The zero-order chi connectivity index (χ0) is 8.39. The molecule has 0 aromatic carbocycles. The van der Waals surface area contributed by atoms with E-state index in [1.807, 2.05) is 0 Å². The van der Waals surface area contributed by atoms with Gasteiger partial charge in [0.15, 0.2) is 0 Å². The van der Waals surface area contributed by atoms with Crippen molar-refractivity contribution in [1.29, 1.82) is 0 Å². The van der Waals surface area contributed by atoms with Crippen LogP contribution in [0.3, 0.4) is 0 Å². The molecule has 70 valence electrons. The molecule has 2 aliphatic heterocycles. The molecule has 2 aliphatic rings. The molecule has 1 N–H and O–H groups in total. The molecule has 2 heterocycles. The fourth-order valence-electron chi connectivity index (χ4n) is 1.99. The van der Waals surface area contributed by atoms with E-state index in [0.29, 0.717) is 6.04 Å². The molecular formula is C9H18N2O. The molecule has 2 saturated heterocycles. The molecule has 1 atom stereocenters. The van der Waals surface area contributed by atoms with Gasteiger partial charge in [-0.1, -0.05) is 0 Å². The van der Waals surface area contributed by atoms with Gasteiger partial charge in [-0.3, -0.25) is 4.90 Å². The van der Waals surface area contributed by atoms with Gasteiger partial charge in [0, 0.05) is 19.1 Å². The van der Waals surface area contributed by atoms with Crippen LogP contribution in [0.2, 0.25) is 0 Å². The van der Waals surface area contributed by atoms with E-state index in [0.717, 1.165) is 25.8 Å². The van der Waals surface area contributed by atoms with Crippen molar-refractivity contribution in [2.75, 3.05) is 32.8 Å². The van der Waals surface area contributed by atoms with Crippen molar-refractivity contribution in [3.8, 4) is 0 Å². The van der Waals surface area contributed by atoms with Crippen LogP contribution in [0, 0.1) is 0 Å². The maximum atomic E-state index is 5.22. The van der Waals surface area contributed by atoms with E-state index < -0.39 is 0 Å². The summed E-state index contributed by atoms with van der Waals surface area (Å²) in [5.41, 5.74) is 0. The van der Waals surface area contributed by atoms with Crippen LogP contribution >= 0.6 is 0 Å². The summed E-state index contributed by atoms with van der Waals surface area (Å²) in [6.45, 7) is 7.72. The van der Waals surface area contributed by atoms with Gasteiger partial charge in [-0.2, -0.15) is 0 Å². The minimum absolute atomic E-state index is 0.708. The van der Waals surface area contributed by atoms with Crippen LogP contribution in [0.25, 0.3) is 0 Å². The van der Waals surface area contributed by atoms with Gasteiger partial charge in [-0.05, 0) is 19.9 Å². The Morgan fingerprint density at radius 1 is 1.33 bits per heavy atom. The van der Waals surface area contributed by atoms with Crippen molar-refractivity contribution >= 4 is 0 Å². The van der Waals surface area contributed by atoms with E-state index in [1.165, 1.54) is 19.5 Å². The summed E-state index contributed by atoms with van der Waals surface area (Å²) >= 11 is 0. The molecule has 0 saturated carbocycles. The Morgan fingerprint density at radius 3 is 2.83 bits per heavy atom. The van der Waals surface area contributed by atoms with Crippen LogP contribution in [0.15, 0.2) is 0 Å². The third kappa shape index (κ3) is 1.63. The van der Waals surface area contributed by atoms with Gasteiger partial charge >= 0.3 is 0 Å². The van der Waals surface area contributed by atoms with Gasteiger partial charge in [0.25, 0.3) is 0 Å². The predicted octanol–water partition coefficient (Wildman–Crippen LogP) is 0.0690. The van der Waals surface area contributed by atoms with E-state index >= 15 is 0 Å². The van der Waals surface area contributed by atoms with Gasteiger partial charge in [-0.25, -0.2) is 0 Å². The van der Waals surface area contributed by atoms with Crippen molar-refractivity contribution in [1.82, 2.24) is 10.2 Å². The number of hydrogen-bond donors (Lipinski definition) is 1. The summed E-state index contributed by atoms with van der Waals surface area (Å²) < 4.78 is 5.22. The second-order valence-corrected chi connectivity index (χ2v) is 3.82. The molecule has 0 aliphatic carbocycles. The molecule has 0 aromatic rings. The average molecular weight is 170 g/mol. The van der Waals surface area contributed by atoms with Gasteiger partial charge in [0.1, 0.15) is 0 Å². The molecule has 0 unspecified atom stereocenters. The first-order valence-corrected chi connectivity index (χ1v) is 4.92. The zero-order valence-corrected chi connectivity index (χ0v) is 7.75. The van der Waals surface area contributed by atoms with Crippen LogP contribution in [0.1, 0.15) is 13.3 Å². The monoisotopic (exact) mass is 170 g/mol. The lowest BCUT2D eigenvalue weighted by Crippen LogP contribution is -2.53. The molecule has 0 bridgehead atoms. The molecule has 3 heteroatoms. The maximum absolute atomic E-state index is 5.22. The fraction of sp³-hybridized carbons (Fsp3) is 1.00. The molecule has 2 fully saturated rings. The first kappa shape index (κ1) is 8.48. The molecule has 0 radical (unpaired) electrons. The predicted molar refractivity (Wildman–Crippen MR) is 48.3 cm³/mol. The second-order valence-electron chi connectivity index (χ2n) is 3.82. The number of hydrogen-bond acceptors (Lipinski definition) is 3. The number of nitrogens with one attached hydrogen (secondary N) is 1. The Balaban J connectivity index is 1.90. The lowest BCUT2D eigenvalue weighted by atomic mass is 10.1. The highest BCUT2D eigenvalue weighted by molar-refractivity contribution is 4.83. The summed E-state index contributed by atoms with van der Waals surface area (Å²) in [6.07, 6.45) is 1.27. The van der Waals surface area contributed by atoms with Crippen LogP contribution in [0.4, 0.5) is 0 Å². The third-order valence-corrected chi connectivity index (χ3v) is 2.94. The number of nitrogens with zero attached hydrogens (tertiary/aromatic N) is 1. The minimum Gasteiger partial charge on any atom is -0.378 e. The molecule has 0 aromatic heterocycles. The molecule has 12 heavy (non-hydrogen) atoms. The zero-order valence-electron chi connectivity index (χ0n) is 7.75. The van der Waals surface area contributed by atoms with Crippen molar-refractivity contribution in [2.24, 2.45) is 0 Å². The number of ether oxygens (including phenoxy) is 1. The highest BCUT2D eigenvalue weighted by Crippen LogP contribution is 2.16. The lowest BCUT2D eigenvalue weighted by molar-refractivity contribution is -0.0749. The molecule has 0 spiro atoms. The molecular weight excluding hydrogens is 152 g/mol. The quantitative estimate of drug-likeness (QED) is 0.602. The third-order valence-electron chi connectivity index (χ3n) is 2.94. The molecule has 0 amide bonds. The van der Waals surface area contributed by atoms with Gasteiger partial charge < -0.3 is 10.1 Å². The first-order chi connectivity index (χ1) is 5.88. The lowest BCUT2D eigenvalue weighted by Gasteiger charge is -2.39. The molecule has 2 rings (SSSR count). The van der Waals surface area contributed by atoms with E-state index in [2.05, 4.69) is 17.1 Å². The summed E-state index contributed by atoms with van der Waals surface area (Å²) in [7, 11) is 0. The standard InChI is InChI=1S/C9H18N2O/c1-8-2-3-10-4-5-11(8)9-6-12-7-9/h8-10H,2-7H2,1H3/t8-/m1/s1. The minimum atomic E-state index is 0.708. The Kier molecular flexibility index (Phi) is 2.63. The normalized spacial score (nSPS) is 34.2. The second kappa shape index (κ2) is 3.73. The van der Waals surface area contributed by atoms with E-state index in [9.17, 15) is 0 Å². The van der Waals surface area contributed by atoms with Gasteiger partial charge in [-0.15, -0.1) is 0 Å². The Bertz CT molecular complexity index is 147. The van der Waals surface area contributed by atoms with Crippen molar-refractivity contribution < 1.29 is 4.74 Å². The van der Waals surface area contributed by atoms with Crippen molar-refractivity contribution in [3.63, 3.8) is 0 Å². The summed E-state index contributed by atoms with van der Waals surface area (Å²) in [4.78, 5) is 2.59. The van der Waals surface area contributed by atoms with Crippen LogP contribution in [0.5, 0.6) is 0 Å². The highest BCUT2D eigenvalue weighted by atomic mass is 16.5. The summed E-state index contributed by atoms with van der Waals surface area (Å²) in [5.74, 6) is 0. The van der Waals surface area contributed by atoms with Crippen LogP contribution in [-0.4, -0.2) is 49.8 Å². The van der Waals surface area contributed by atoms with Crippen molar-refractivity contribution in [2.45, 2.75) is 25.4 Å². The van der Waals surface area contributed by atoms with E-state index in [1.54, 1.807) is 0 Å². The van der Waals surface area contributed by atoms with Crippen LogP contribution < -0.4 is 5.32 Å². The molecule has 3 nitrogen and oxygen atoms in total. The maximum Gasteiger partial charge on any atom is 0.0645 e. The average Bonchev–Trinajstić information content (AvgIpc) is 2.13. The van der Waals surface area contributed by atoms with Crippen LogP contribution in [-0.2, 0) is 4.74 Å². The number of rotatable bonds is 1. The summed E-state index contributed by atoms with van der Waals surface area (Å²) in [5, 5.41) is 3.43. The smallest absolute Gasteiger partial charge is 0.0645 e. The largest absolute Gasteiger partial charge is 0.378 e. The van der Waals surface area contributed by atoms with E-state index in [-0.39, 0.29) is 0 Å². The Morgan fingerprint density at radius 2 is 2.17 bits per heavy atom. The van der Waals surface area contributed by atoms with E-state index in [4.69, 9.17) is 4.74 Å². The highest BCUT2D eigenvalue weighted by Gasteiger charge is 2.29. The fourth-order valence-corrected chi connectivity index (χ4v) is 1.99. The SMILES string of the molecule is C[C@@H]1CCNCCN1C1COC1. The Labute approximate surface area is 74.1 Å².